The van der Waals surface area contributed by atoms with Crippen LogP contribution in [-0.4, -0.2) is 29.3 Å². The molecule has 1 saturated carbocycles. The van der Waals surface area contributed by atoms with Crippen LogP contribution in [0, 0.1) is 0 Å². The number of aromatic nitrogens is 2. The number of carbonyl (C=O) groups is 1. The Balaban J connectivity index is 1.50. The third-order valence-corrected chi connectivity index (χ3v) is 4.60. The fourth-order valence-corrected chi connectivity index (χ4v) is 3.16. The van der Waals surface area contributed by atoms with Crippen molar-refractivity contribution in [2.45, 2.75) is 25.2 Å². The molecule has 1 aromatic heterocycles. The number of hydrogen-bond donors (Lipinski definition) is 1. The van der Waals surface area contributed by atoms with Crippen LogP contribution < -0.4 is 14.8 Å². The highest BCUT2D eigenvalue weighted by molar-refractivity contribution is 7.15. The molecule has 0 saturated heterocycles. The fourth-order valence-electron chi connectivity index (χ4n) is 2.25. The van der Waals surface area contributed by atoms with E-state index in [1.807, 2.05) is 0 Å². The molecule has 1 N–H and O–H groups in total. The Morgan fingerprint density at radius 1 is 1.18 bits per heavy atom. The SMILES string of the molecule is O=C(Nc1nnc(C2CC2)s1)c1ccc2c(c1)OCCCO2. The summed E-state index contributed by atoms with van der Waals surface area (Å²) in [7, 11) is 0. The maximum Gasteiger partial charge on any atom is 0.257 e. The number of rotatable bonds is 3. The number of ether oxygens (including phenoxy) is 2. The molecule has 1 fully saturated rings. The molecule has 1 aliphatic heterocycles. The molecule has 0 radical (unpaired) electrons. The minimum absolute atomic E-state index is 0.214. The first kappa shape index (κ1) is 13.5. The van der Waals surface area contributed by atoms with Crippen molar-refractivity contribution in [3.05, 3.63) is 28.8 Å². The van der Waals surface area contributed by atoms with Gasteiger partial charge in [0.25, 0.3) is 5.91 Å². The van der Waals surface area contributed by atoms with E-state index in [0.29, 0.717) is 41.3 Å². The standard InChI is InChI=1S/C15H15N3O3S/c19-13(16-15-18-17-14(22-15)9-2-3-9)10-4-5-11-12(8-10)21-7-1-6-20-11/h4-5,8-9H,1-3,6-7H2,(H,16,18,19). The highest BCUT2D eigenvalue weighted by atomic mass is 32.1. The Labute approximate surface area is 131 Å². The number of nitrogens with zero attached hydrogens (tertiary/aromatic N) is 2. The van der Waals surface area contributed by atoms with E-state index in [1.165, 1.54) is 24.2 Å². The molecule has 0 atom stereocenters. The van der Waals surface area contributed by atoms with Gasteiger partial charge in [-0.25, -0.2) is 0 Å². The molecule has 4 rings (SSSR count). The van der Waals surface area contributed by atoms with E-state index in [1.54, 1.807) is 18.2 Å². The Morgan fingerprint density at radius 3 is 2.82 bits per heavy atom. The lowest BCUT2D eigenvalue weighted by molar-refractivity contribution is 0.102. The predicted octanol–water partition coefficient (Wildman–Crippen LogP) is 2.83. The van der Waals surface area contributed by atoms with E-state index in [9.17, 15) is 4.79 Å². The molecule has 1 aliphatic carbocycles. The van der Waals surface area contributed by atoms with Gasteiger partial charge in [0.2, 0.25) is 5.13 Å². The average molecular weight is 317 g/mol. The second-order valence-corrected chi connectivity index (χ2v) is 6.39. The highest BCUT2D eigenvalue weighted by Gasteiger charge is 2.27. The van der Waals surface area contributed by atoms with Crippen molar-refractivity contribution in [1.29, 1.82) is 0 Å². The van der Waals surface area contributed by atoms with Crippen LogP contribution in [0.3, 0.4) is 0 Å². The summed E-state index contributed by atoms with van der Waals surface area (Å²) in [6, 6.07) is 5.20. The summed E-state index contributed by atoms with van der Waals surface area (Å²) >= 11 is 1.45. The first-order chi connectivity index (χ1) is 10.8. The highest BCUT2D eigenvalue weighted by Crippen LogP contribution is 2.42. The first-order valence-corrected chi connectivity index (χ1v) is 8.15. The number of anilines is 1. The normalized spacial score (nSPS) is 16.9. The van der Waals surface area contributed by atoms with Crippen LogP contribution in [0.2, 0.25) is 0 Å². The van der Waals surface area contributed by atoms with Gasteiger partial charge < -0.3 is 9.47 Å². The molecular weight excluding hydrogens is 302 g/mol. The number of amides is 1. The molecule has 7 heteroatoms. The maximum absolute atomic E-state index is 12.3. The summed E-state index contributed by atoms with van der Waals surface area (Å²) in [5, 5.41) is 12.5. The largest absolute Gasteiger partial charge is 0.490 e. The first-order valence-electron chi connectivity index (χ1n) is 7.34. The zero-order valence-corrected chi connectivity index (χ0v) is 12.7. The fraction of sp³-hybridized carbons (Fsp3) is 0.400. The molecule has 2 aliphatic rings. The van der Waals surface area contributed by atoms with E-state index in [0.717, 1.165) is 11.4 Å². The van der Waals surface area contributed by atoms with Gasteiger partial charge in [0, 0.05) is 17.9 Å². The van der Waals surface area contributed by atoms with Crippen LogP contribution in [0.1, 0.15) is 40.5 Å². The second kappa shape index (κ2) is 5.57. The van der Waals surface area contributed by atoms with Gasteiger partial charge in [0.15, 0.2) is 11.5 Å². The second-order valence-electron chi connectivity index (χ2n) is 5.39. The van der Waals surface area contributed by atoms with Gasteiger partial charge in [-0.2, -0.15) is 0 Å². The van der Waals surface area contributed by atoms with Gasteiger partial charge >= 0.3 is 0 Å². The zero-order chi connectivity index (χ0) is 14.9. The molecule has 1 amide bonds. The van der Waals surface area contributed by atoms with Crippen molar-refractivity contribution in [2.75, 3.05) is 18.5 Å². The van der Waals surface area contributed by atoms with E-state index in [-0.39, 0.29) is 5.91 Å². The van der Waals surface area contributed by atoms with Crippen molar-refractivity contribution >= 4 is 22.4 Å². The van der Waals surface area contributed by atoms with Crippen LogP contribution in [0.4, 0.5) is 5.13 Å². The van der Waals surface area contributed by atoms with Crippen LogP contribution in [0.25, 0.3) is 0 Å². The minimum atomic E-state index is -0.214. The molecular formula is C15H15N3O3S. The van der Waals surface area contributed by atoms with Crippen molar-refractivity contribution < 1.29 is 14.3 Å². The third-order valence-electron chi connectivity index (χ3n) is 3.60. The van der Waals surface area contributed by atoms with E-state index < -0.39 is 0 Å². The number of nitrogens with one attached hydrogen (secondary N) is 1. The number of hydrogen-bond acceptors (Lipinski definition) is 6. The van der Waals surface area contributed by atoms with Gasteiger partial charge in [-0.15, -0.1) is 10.2 Å². The molecule has 2 heterocycles. The summed E-state index contributed by atoms with van der Waals surface area (Å²) < 4.78 is 11.2. The van der Waals surface area contributed by atoms with Gasteiger partial charge in [-0.1, -0.05) is 11.3 Å². The maximum atomic E-state index is 12.3. The van der Waals surface area contributed by atoms with Crippen LogP contribution >= 0.6 is 11.3 Å². The van der Waals surface area contributed by atoms with Crippen molar-refractivity contribution in [1.82, 2.24) is 10.2 Å². The number of carbonyl (C=O) groups excluding carboxylic acids is 1. The summed E-state index contributed by atoms with van der Waals surface area (Å²) in [6.07, 6.45) is 3.18. The van der Waals surface area contributed by atoms with E-state index >= 15 is 0 Å². The lowest BCUT2D eigenvalue weighted by atomic mass is 10.2. The molecule has 0 unspecified atom stereocenters. The summed E-state index contributed by atoms with van der Waals surface area (Å²) in [4.78, 5) is 12.3. The molecule has 0 bridgehead atoms. The molecule has 114 valence electrons. The third kappa shape index (κ3) is 2.76. The number of fused-ring (bicyclic) bond motifs is 1. The Morgan fingerprint density at radius 2 is 2.00 bits per heavy atom. The van der Waals surface area contributed by atoms with Crippen molar-refractivity contribution in [3.63, 3.8) is 0 Å². The Hall–Kier alpha value is -2.15. The summed E-state index contributed by atoms with van der Waals surface area (Å²) in [5.41, 5.74) is 0.521. The van der Waals surface area contributed by atoms with Gasteiger partial charge in [-0.3, -0.25) is 10.1 Å². The van der Waals surface area contributed by atoms with E-state index in [2.05, 4.69) is 15.5 Å². The molecule has 22 heavy (non-hydrogen) atoms. The molecule has 0 spiro atoms. The molecule has 2 aromatic rings. The van der Waals surface area contributed by atoms with Crippen molar-refractivity contribution in [2.24, 2.45) is 0 Å². The molecule has 6 nitrogen and oxygen atoms in total. The van der Waals surface area contributed by atoms with E-state index in [4.69, 9.17) is 9.47 Å². The topological polar surface area (TPSA) is 73.3 Å². The monoisotopic (exact) mass is 317 g/mol. The van der Waals surface area contributed by atoms with Gasteiger partial charge in [0.1, 0.15) is 5.01 Å². The Bertz CT molecular complexity index is 712. The number of benzene rings is 1. The zero-order valence-electron chi connectivity index (χ0n) is 11.9. The lowest BCUT2D eigenvalue weighted by Crippen LogP contribution is -2.12. The van der Waals surface area contributed by atoms with Crippen molar-refractivity contribution in [3.8, 4) is 11.5 Å². The smallest absolute Gasteiger partial charge is 0.257 e. The average Bonchev–Trinajstić information content (AvgIpc) is 3.31. The van der Waals surface area contributed by atoms with Crippen LogP contribution in [0.15, 0.2) is 18.2 Å². The van der Waals surface area contributed by atoms with Gasteiger partial charge in [0.05, 0.1) is 13.2 Å². The quantitative estimate of drug-likeness (QED) is 0.942. The predicted molar refractivity (Wildman–Crippen MR) is 81.9 cm³/mol. The Kier molecular flexibility index (Phi) is 3.42. The van der Waals surface area contributed by atoms with Crippen LogP contribution in [-0.2, 0) is 0 Å². The van der Waals surface area contributed by atoms with Crippen LogP contribution in [0.5, 0.6) is 11.5 Å². The van der Waals surface area contributed by atoms with Gasteiger partial charge in [-0.05, 0) is 31.0 Å². The lowest BCUT2D eigenvalue weighted by Gasteiger charge is -2.08. The summed E-state index contributed by atoms with van der Waals surface area (Å²) in [5.74, 6) is 1.62. The molecule has 1 aromatic carbocycles. The summed E-state index contributed by atoms with van der Waals surface area (Å²) in [6.45, 7) is 1.23. The minimum Gasteiger partial charge on any atom is -0.490 e.